The van der Waals surface area contributed by atoms with Gasteiger partial charge in [-0.2, -0.15) is 0 Å². The molecule has 3 rings (SSSR count). The summed E-state index contributed by atoms with van der Waals surface area (Å²) in [7, 11) is 0. The number of ether oxygens (including phenoxy) is 1. The van der Waals surface area contributed by atoms with E-state index in [-0.39, 0.29) is 22.5 Å². The first-order valence-corrected chi connectivity index (χ1v) is 6.52. The number of hydrogen-bond acceptors (Lipinski definition) is 3. The van der Waals surface area contributed by atoms with Crippen LogP contribution < -0.4 is 4.74 Å². The molecule has 0 amide bonds. The summed E-state index contributed by atoms with van der Waals surface area (Å²) < 4.78 is 19.9. The van der Waals surface area contributed by atoms with Crippen molar-refractivity contribution >= 4 is 23.4 Å². The largest absolute Gasteiger partial charge is 0.446 e. The molecular formula is C15H9ClFN3O. The predicted octanol–water partition coefficient (Wildman–Crippen LogP) is 4.57. The Morgan fingerprint density at radius 3 is 2.95 bits per heavy atom. The van der Waals surface area contributed by atoms with Crippen LogP contribution >= 0.6 is 11.6 Å². The lowest BCUT2D eigenvalue weighted by Gasteiger charge is -2.10. The van der Waals surface area contributed by atoms with Gasteiger partial charge in [-0.05, 0) is 25.0 Å². The minimum Gasteiger partial charge on any atom is -0.446 e. The molecule has 0 saturated heterocycles. The summed E-state index contributed by atoms with van der Waals surface area (Å²) in [6.07, 6.45) is 3.70. The van der Waals surface area contributed by atoms with Crippen LogP contribution in [0.2, 0.25) is 5.15 Å². The molecule has 0 unspecified atom stereocenters. The highest BCUT2D eigenvalue weighted by atomic mass is 35.5. The van der Waals surface area contributed by atoms with Gasteiger partial charge in [0.25, 0.3) is 5.69 Å². The van der Waals surface area contributed by atoms with Crippen molar-refractivity contribution in [1.29, 1.82) is 0 Å². The number of fused-ring (bicyclic) bond motifs is 1. The number of benzene rings is 1. The number of rotatable bonds is 2. The van der Waals surface area contributed by atoms with Crippen LogP contribution in [-0.4, -0.2) is 9.97 Å². The van der Waals surface area contributed by atoms with Crippen LogP contribution in [-0.2, 0) is 6.42 Å². The molecule has 0 aliphatic heterocycles. The maximum Gasteiger partial charge on any atom is 0.283 e. The first-order chi connectivity index (χ1) is 10.1. The highest BCUT2D eigenvalue weighted by Crippen LogP contribution is 2.38. The van der Waals surface area contributed by atoms with Crippen LogP contribution in [0.3, 0.4) is 0 Å². The second-order valence-electron chi connectivity index (χ2n) is 4.65. The van der Waals surface area contributed by atoms with E-state index >= 15 is 0 Å². The van der Waals surface area contributed by atoms with Gasteiger partial charge >= 0.3 is 0 Å². The number of allylic oxidation sites excluding steroid dienone is 1. The van der Waals surface area contributed by atoms with Gasteiger partial charge < -0.3 is 4.74 Å². The zero-order valence-electron chi connectivity index (χ0n) is 11.0. The van der Waals surface area contributed by atoms with E-state index in [0.29, 0.717) is 5.56 Å². The van der Waals surface area contributed by atoms with Gasteiger partial charge in [0.15, 0.2) is 11.6 Å². The lowest BCUT2D eigenvalue weighted by atomic mass is 10.1. The molecule has 0 N–H and O–H groups in total. The second-order valence-corrected chi connectivity index (χ2v) is 5.01. The normalized spacial score (nSPS) is 12.6. The van der Waals surface area contributed by atoms with Crippen molar-refractivity contribution in [3.8, 4) is 11.6 Å². The standard InChI is InChI=1S/C15H9ClFN3O/c1-8-5-9-3-4-11(12(17)10(9)6-8)21-15-13(18-2)14(16)19-7-20-15/h3-4,6-7H,5H2,1H3. The first kappa shape index (κ1) is 13.5. The third kappa shape index (κ3) is 2.34. The third-order valence-corrected chi connectivity index (χ3v) is 3.43. The summed E-state index contributed by atoms with van der Waals surface area (Å²) in [4.78, 5) is 10.8. The van der Waals surface area contributed by atoms with Crippen LogP contribution in [0, 0.1) is 12.4 Å². The molecule has 0 atom stereocenters. The first-order valence-electron chi connectivity index (χ1n) is 6.14. The maximum absolute atomic E-state index is 14.4. The van der Waals surface area contributed by atoms with Crippen LogP contribution in [0.25, 0.3) is 10.9 Å². The SMILES string of the molecule is [C-]#[N+]c1c(Cl)ncnc1Oc1ccc2c(c1F)C=C(C)C2. The minimum absolute atomic E-state index is 0.0133. The van der Waals surface area contributed by atoms with Crippen LogP contribution in [0.1, 0.15) is 18.1 Å². The summed E-state index contributed by atoms with van der Waals surface area (Å²) in [5.74, 6) is -0.503. The Morgan fingerprint density at radius 2 is 2.19 bits per heavy atom. The Kier molecular flexibility index (Phi) is 3.32. The minimum atomic E-state index is -0.463. The molecule has 1 aliphatic rings. The van der Waals surface area contributed by atoms with Crippen molar-refractivity contribution in [1.82, 2.24) is 9.97 Å². The zero-order chi connectivity index (χ0) is 15.0. The van der Waals surface area contributed by atoms with Crippen molar-refractivity contribution in [2.45, 2.75) is 13.3 Å². The second kappa shape index (κ2) is 5.15. The van der Waals surface area contributed by atoms with E-state index in [4.69, 9.17) is 22.9 Å². The van der Waals surface area contributed by atoms with Gasteiger partial charge in [-0.25, -0.2) is 19.2 Å². The van der Waals surface area contributed by atoms with E-state index in [1.807, 2.05) is 6.92 Å². The van der Waals surface area contributed by atoms with Crippen molar-refractivity contribution < 1.29 is 9.13 Å². The highest BCUT2D eigenvalue weighted by Gasteiger charge is 2.20. The van der Waals surface area contributed by atoms with Crippen molar-refractivity contribution in [3.05, 3.63) is 57.5 Å². The lowest BCUT2D eigenvalue weighted by Crippen LogP contribution is -1.95. The van der Waals surface area contributed by atoms with E-state index in [0.717, 1.165) is 17.6 Å². The Hall–Kier alpha value is -2.45. The van der Waals surface area contributed by atoms with Gasteiger partial charge in [-0.1, -0.05) is 29.3 Å². The summed E-state index contributed by atoms with van der Waals surface area (Å²) in [6.45, 7) is 9.02. The smallest absolute Gasteiger partial charge is 0.283 e. The summed E-state index contributed by atoms with van der Waals surface area (Å²) >= 11 is 5.80. The summed E-state index contributed by atoms with van der Waals surface area (Å²) in [5, 5.41) is -0.0210. The molecule has 1 heterocycles. The van der Waals surface area contributed by atoms with Gasteiger partial charge in [-0.15, -0.1) is 0 Å². The Bertz CT molecular complexity index is 811. The van der Waals surface area contributed by atoms with Gasteiger partial charge in [0.05, 0.1) is 6.57 Å². The summed E-state index contributed by atoms with van der Waals surface area (Å²) in [5.41, 5.74) is 2.50. The van der Waals surface area contributed by atoms with E-state index in [1.54, 1.807) is 12.1 Å². The molecule has 21 heavy (non-hydrogen) atoms. The van der Waals surface area contributed by atoms with Crippen molar-refractivity contribution in [2.75, 3.05) is 0 Å². The molecule has 0 spiro atoms. The van der Waals surface area contributed by atoms with Crippen LogP contribution in [0.5, 0.6) is 11.6 Å². The predicted molar refractivity (Wildman–Crippen MR) is 77.1 cm³/mol. The molecule has 104 valence electrons. The van der Waals surface area contributed by atoms with Crippen LogP contribution in [0.15, 0.2) is 24.0 Å². The molecule has 2 aromatic rings. The molecular weight excluding hydrogens is 293 g/mol. The topological polar surface area (TPSA) is 39.4 Å². The van der Waals surface area contributed by atoms with E-state index in [9.17, 15) is 4.39 Å². The zero-order valence-corrected chi connectivity index (χ0v) is 11.8. The molecule has 6 heteroatoms. The molecule has 1 aliphatic carbocycles. The maximum atomic E-state index is 14.4. The van der Waals surface area contributed by atoms with Crippen LogP contribution in [0.4, 0.5) is 10.1 Å². The fourth-order valence-electron chi connectivity index (χ4n) is 2.22. The monoisotopic (exact) mass is 301 g/mol. The van der Waals surface area contributed by atoms with Crippen molar-refractivity contribution in [3.63, 3.8) is 0 Å². The van der Waals surface area contributed by atoms with Gasteiger partial charge in [0.1, 0.15) is 11.5 Å². The number of halogens is 2. The fourth-order valence-corrected chi connectivity index (χ4v) is 2.38. The molecule has 4 nitrogen and oxygen atoms in total. The van der Waals surface area contributed by atoms with E-state index in [2.05, 4.69) is 14.8 Å². The molecule has 0 radical (unpaired) electrons. The average molecular weight is 302 g/mol. The van der Waals surface area contributed by atoms with Gasteiger partial charge in [0, 0.05) is 5.56 Å². The Morgan fingerprint density at radius 1 is 1.38 bits per heavy atom. The number of aromatic nitrogens is 2. The average Bonchev–Trinajstić information content (AvgIpc) is 2.84. The quantitative estimate of drug-likeness (QED) is 0.602. The van der Waals surface area contributed by atoms with Crippen molar-refractivity contribution in [2.24, 2.45) is 0 Å². The Labute approximate surface area is 125 Å². The molecule has 0 fully saturated rings. The molecule has 0 bridgehead atoms. The van der Waals surface area contributed by atoms with E-state index < -0.39 is 5.82 Å². The third-order valence-electron chi connectivity index (χ3n) is 3.16. The Balaban J connectivity index is 2.03. The van der Waals surface area contributed by atoms with E-state index in [1.165, 1.54) is 12.4 Å². The van der Waals surface area contributed by atoms with Gasteiger partial charge in [-0.3, -0.25) is 0 Å². The molecule has 1 aromatic heterocycles. The number of nitrogens with zero attached hydrogens (tertiary/aromatic N) is 3. The number of hydrogen-bond donors (Lipinski definition) is 0. The molecule has 0 saturated carbocycles. The highest BCUT2D eigenvalue weighted by molar-refractivity contribution is 6.32. The molecule has 1 aromatic carbocycles. The van der Waals surface area contributed by atoms with Gasteiger partial charge in [0.2, 0.25) is 5.88 Å². The summed E-state index contributed by atoms with van der Waals surface area (Å²) in [6, 6.07) is 3.34. The fraction of sp³-hybridized carbons (Fsp3) is 0.133. The lowest BCUT2D eigenvalue weighted by molar-refractivity contribution is 0.428.